The van der Waals surface area contributed by atoms with Crippen LogP contribution in [0.25, 0.3) is 10.2 Å². The SMILES string of the molecule is Cc1cc2c(N3CCN(C(=O)CCC4CCCC4)CC3)ncnc2s1. The number of aryl methyl sites for hydroxylation is 1. The van der Waals surface area contributed by atoms with Crippen molar-refractivity contribution in [1.29, 1.82) is 0 Å². The van der Waals surface area contributed by atoms with Crippen LogP contribution in [0.2, 0.25) is 0 Å². The molecule has 0 bridgehead atoms. The number of carbonyl (C=O) groups is 1. The molecule has 0 radical (unpaired) electrons. The van der Waals surface area contributed by atoms with Crippen LogP contribution in [0, 0.1) is 12.8 Å². The highest BCUT2D eigenvalue weighted by atomic mass is 32.1. The van der Waals surface area contributed by atoms with Gasteiger partial charge in [-0.25, -0.2) is 9.97 Å². The Morgan fingerprint density at radius 2 is 1.96 bits per heavy atom. The van der Waals surface area contributed by atoms with E-state index < -0.39 is 0 Å². The number of hydrogen-bond donors (Lipinski definition) is 0. The van der Waals surface area contributed by atoms with E-state index in [9.17, 15) is 4.79 Å². The molecule has 2 aromatic rings. The third-order valence-electron chi connectivity index (χ3n) is 5.60. The van der Waals surface area contributed by atoms with E-state index in [2.05, 4.69) is 27.9 Å². The van der Waals surface area contributed by atoms with Crippen molar-refractivity contribution >= 4 is 33.3 Å². The minimum absolute atomic E-state index is 0.339. The number of fused-ring (bicyclic) bond motifs is 1. The maximum absolute atomic E-state index is 12.5. The maximum Gasteiger partial charge on any atom is 0.222 e. The molecule has 0 atom stereocenters. The van der Waals surface area contributed by atoms with Gasteiger partial charge in [0.2, 0.25) is 5.91 Å². The van der Waals surface area contributed by atoms with Gasteiger partial charge in [-0.3, -0.25) is 4.79 Å². The third-order valence-corrected chi connectivity index (χ3v) is 6.56. The van der Waals surface area contributed by atoms with E-state index in [1.807, 2.05) is 4.90 Å². The second-order valence-corrected chi connectivity index (χ2v) is 8.56. The summed E-state index contributed by atoms with van der Waals surface area (Å²) in [5.74, 6) is 2.15. The van der Waals surface area contributed by atoms with Crippen LogP contribution in [-0.2, 0) is 4.79 Å². The number of piperazine rings is 1. The van der Waals surface area contributed by atoms with Crippen LogP contribution in [0.4, 0.5) is 5.82 Å². The fraction of sp³-hybridized carbons (Fsp3) is 0.632. The Morgan fingerprint density at radius 1 is 1.20 bits per heavy atom. The van der Waals surface area contributed by atoms with E-state index in [1.165, 1.54) is 30.6 Å². The van der Waals surface area contributed by atoms with Crippen LogP contribution in [-0.4, -0.2) is 47.0 Å². The fourth-order valence-corrected chi connectivity index (χ4v) is 5.01. The van der Waals surface area contributed by atoms with E-state index >= 15 is 0 Å². The lowest BCUT2D eigenvalue weighted by Crippen LogP contribution is -2.49. The highest BCUT2D eigenvalue weighted by molar-refractivity contribution is 7.18. The summed E-state index contributed by atoms with van der Waals surface area (Å²) in [5.41, 5.74) is 0. The van der Waals surface area contributed by atoms with Crippen LogP contribution < -0.4 is 4.90 Å². The van der Waals surface area contributed by atoms with Gasteiger partial charge in [-0.2, -0.15) is 0 Å². The predicted molar refractivity (Wildman–Crippen MR) is 102 cm³/mol. The average molecular weight is 359 g/mol. The summed E-state index contributed by atoms with van der Waals surface area (Å²) >= 11 is 1.71. The molecular weight excluding hydrogens is 332 g/mol. The van der Waals surface area contributed by atoms with Crippen LogP contribution in [0.3, 0.4) is 0 Å². The zero-order valence-corrected chi connectivity index (χ0v) is 15.7. The Bertz CT molecular complexity index is 745. The number of amides is 1. The Kier molecular flexibility index (Phi) is 4.88. The van der Waals surface area contributed by atoms with Gasteiger partial charge < -0.3 is 9.80 Å². The summed E-state index contributed by atoms with van der Waals surface area (Å²) in [6.45, 7) is 5.43. The third kappa shape index (κ3) is 3.64. The predicted octanol–water partition coefficient (Wildman–Crippen LogP) is 3.62. The minimum Gasteiger partial charge on any atom is -0.352 e. The summed E-state index contributed by atoms with van der Waals surface area (Å²) in [6.07, 6.45) is 8.83. The van der Waals surface area contributed by atoms with Crippen LogP contribution in [0.5, 0.6) is 0 Å². The molecule has 134 valence electrons. The van der Waals surface area contributed by atoms with Crippen molar-refractivity contribution in [3.63, 3.8) is 0 Å². The summed E-state index contributed by atoms with van der Waals surface area (Å²) in [4.78, 5) is 28.1. The van der Waals surface area contributed by atoms with E-state index in [0.29, 0.717) is 5.91 Å². The molecule has 1 aliphatic carbocycles. The first-order chi connectivity index (χ1) is 12.2. The Hall–Kier alpha value is -1.69. The average Bonchev–Trinajstić information content (AvgIpc) is 3.27. The van der Waals surface area contributed by atoms with Gasteiger partial charge in [0.15, 0.2) is 0 Å². The number of nitrogens with zero attached hydrogens (tertiary/aromatic N) is 4. The highest BCUT2D eigenvalue weighted by Gasteiger charge is 2.24. The molecule has 1 amide bonds. The maximum atomic E-state index is 12.5. The van der Waals surface area contributed by atoms with E-state index in [-0.39, 0.29) is 0 Å². The molecule has 3 heterocycles. The molecule has 2 aromatic heterocycles. The number of carbonyl (C=O) groups excluding carboxylic acids is 1. The van der Waals surface area contributed by atoms with Crippen LogP contribution in [0.15, 0.2) is 12.4 Å². The van der Waals surface area contributed by atoms with Crippen LogP contribution in [0.1, 0.15) is 43.4 Å². The molecular formula is C19H26N4OS. The van der Waals surface area contributed by atoms with Gasteiger partial charge in [-0.05, 0) is 25.3 Å². The quantitative estimate of drug-likeness (QED) is 0.838. The smallest absolute Gasteiger partial charge is 0.222 e. The van der Waals surface area contributed by atoms with Crippen molar-refractivity contribution in [3.05, 3.63) is 17.3 Å². The molecule has 0 spiro atoms. The van der Waals surface area contributed by atoms with Crippen molar-refractivity contribution < 1.29 is 4.79 Å². The van der Waals surface area contributed by atoms with Crippen molar-refractivity contribution in [1.82, 2.24) is 14.9 Å². The largest absolute Gasteiger partial charge is 0.352 e. The normalized spacial score (nSPS) is 19.1. The van der Waals surface area contributed by atoms with E-state index in [4.69, 9.17) is 0 Å². The van der Waals surface area contributed by atoms with E-state index in [0.717, 1.165) is 61.0 Å². The molecule has 1 saturated heterocycles. The minimum atomic E-state index is 0.339. The lowest BCUT2D eigenvalue weighted by molar-refractivity contribution is -0.131. The molecule has 0 aromatic carbocycles. The Labute approximate surface area is 153 Å². The molecule has 2 fully saturated rings. The van der Waals surface area contributed by atoms with Gasteiger partial charge in [0.1, 0.15) is 17.0 Å². The van der Waals surface area contributed by atoms with Crippen molar-refractivity contribution in [3.8, 4) is 0 Å². The van der Waals surface area contributed by atoms with Crippen molar-refractivity contribution in [2.24, 2.45) is 5.92 Å². The molecule has 2 aliphatic rings. The first-order valence-electron chi connectivity index (χ1n) is 9.44. The van der Waals surface area contributed by atoms with Gasteiger partial charge in [0.25, 0.3) is 0 Å². The Balaban J connectivity index is 1.35. The molecule has 1 aliphatic heterocycles. The molecule has 0 N–H and O–H groups in total. The number of thiophene rings is 1. The van der Waals surface area contributed by atoms with Gasteiger partial charge in [-0.15, -0.1) is 11.3 Å². The second-order valence-electron chi connectivity index (χ2n) is 7.33. The summed E-state index contributed by atoms with van der Waals surface area (Å²) in [7, 11) is 0. The molecule has 6 heteroatoms. The van der Waals surface area contributed by atoms with Gasteiger partial charge >= 0.3 is 0 Å². The van der Waals surface area contributed by atoms with Gasteiger partial charge in [0, 0.05) is 37.5 Å². The second kappa shape index (κ2) is 7.28. The van der Waals surface area contributed by atoms with Crippen molar-refractivity contribution in [2.45, 2.75) is 45.4 Å². The fourth-order valence-electron chi connectivity index (χ4n) is 4.17. The topological polar surface area (TPSA) is 49.3 Å². The zero-order chi connectivity index (χ0) is 17.2. The molecule has 0 unspecified atom stereocenters. The van der Waals surface area contributed by atoms with Gasteiger partial charge in [-0.1, -0.05) is 25.7 Å². The van der Waals surface area contributed by atoms with E-state index in [1.54, 1.807) is 17.7 Å². The van der Waals surface area contributed by atoms with Crippen molar-refractivity contribution in [2.75, 3.05) is 31.1 Å². The summed E-state index contributed by atoms with van der Waals surface area (Å²) in [6, 6.07) is 2.18. The Morgan fingerprint density at radius 3 is 2.72 bits per heavy atom. The standard InChI is InChI=1S/C19H26N4OS/c1-14-12-16-18(20-13-21-19(16)25-14)23-10-8-22(9-11-23)17(24)7-6-15-4-2-3-5-15/h12-13,15H,2-11H2,1H3. The summed E-state index contributed by atoms with van der Waals surface area (Å²) in [5, 5.41) is 1.14. The van der Waals surface area contributed by atoms with Gasteiger partial charge in [0.05, 0.1) is 5.39 Å². The van der Waals surface area contributed by atoms with Crippen LogP contribution >= 0.6 is 11.3 Å². The lowest BCUT2D eigenvalue weighted by atomic mass is 10.0. The number of anilines is 1. The molecule has 1 saturated carbocycles. The number of hydrogen-bond acceptors (Lipinski definition) is 5. The molecule has 25 heavy (non-hydrogen) atoms. The zero-order valence-electron chi connectivity index (χ0n) is 14.9. The molecule has 5 nitrogen and oxygen atoms in total. The molecule has 4 rings (SSSR count). The first-order valence-corrected chi connectivity index (χ1v) is 10.3. The lowest BCUT2D eigenvalue weighted by Gasteiger charge is -2.35. The monoisotopic (exact) mass is 358 g/mol. The number of aromatic nitrogens is 2. The highest BCUT2D eigenvalue weighted by Crippen LogP contribution is 2.31. The number of rotatable bonds is 4. The first kappa shape index (κ1) is 16.8. The summed E-state index contributed by atoms with van der Waals surface area (Å²) < 4.78 is 0.